The Morgan fingerprint density at radius 2 is 1.58 bits per heavy atom. The summed E-state index contributed by atoms with van der Waals surface area (Å²) in [6, 6.07) is 17.3. The second-order valence-electron chi connectivity index (χ2n) is 7.87. The molecule has 2 heterocycles. The van der Waals surface area contributed by atoms with E-state index in [9.17, 15) is 0 Å². The molecule has 0 fully saturated rings. The van der Waals surface area contributed by atoms with Gasteiger partial charge < -0.3 is 9.47 Å². The highest BCUT2D eigenvalue weighted by Crippen LogP contribution is 2.45. The summed E-state index contributed by atoms with van der Waals surface area (Å²) in [5.41, 5.74) is 4.10. The molecule has 5 heteroatoms. The number of rotatable bonds is 5. The van der Waals surface area contributed by atoms with Crippen molar-refractivity contribution in [3.8, 4) is 33.9 Å². The third kappa shape index (κ3) is 3.45. The maximum absolute atomic E-state index is 6.14. The summed E-state index contributed by atoms with van der Waals surface area (Å²) in [7, 11) is -1.08. The fourth-order valence-corrected chi connectivity index (χ4v) is 3.82. The zero-order valence-corrected chi connectivity index (χ0v) is 16.5. The van der Waals surface area contributed by atoms with Crippen molar-refractivity contribution in [1.29, 1.82) is 0 Å². The minimum Gasteiger partial charge on any atom is -0.456 e. The van der Waals surface area contributed by atoms with Gasteiger partial charge in [-0.25, -0.2) is 4.68 Å². The molecule has 0 aliphatic carbocycles. The molecule has 1 aliphatic heterocycles. The molecule has 0 radical (unpaired) electrons. The van der Waals surface area contributed by atoms with Crippen molar-refractivity contribution >= 4 is 8.07 Å². The highest BCUT2D eigenvalue weighted by atomic mass is 28.3. The minimum atomic E-state index is -1.08. The summed E-state index contributed by atoms with van der Waals surface area (Å²) < 4.78 is 13.9. The van der Waals surface area contributed by atoms with E-state index in [-0.39, 0.29) is 0 Å². The van der Waals surface area contributed by atoms with Crippen LogP contribution in [0.5, 0.6) is 11.5 Å². The average molecular weight is 365 g/mol. The first-order valence-electron chi connectivity index (χ1n) is 9.03. The standard InChI is InChI=1S/C21H24N2O2Si/c1-26(2,3)13-12-24-15-23-14-18-16-8-4-6-10-19(16)25-20-11-7-5-9-17(20)21(18)22-23/h4-11,14H,12-13,15H2,1-3H3. The van der Waals surface area contributed by atoms with E-state index in [1.807, 2.05) is 41.1 Å². The first-order valence-corrected chi connectivity index (χ1v) is 12.7. The van der Waals surface area contributed by atoms with Gasteiger partial charge in [0, 0.05) is 37.6 Å². The highest BCUT2D eigenvalue weighted by Gasteiger charge is 2.23. The van der Waals surface area contributed by atoms with Crippen molar-refractivity contribution in [2.75, 3.05) is 6.61 Å². The summed E-state index contributed by atoms with van der Waals surface area (Å²) in [6.07, 6.45) is 2.06. The lowest BCUT2D eigenvalue weighted by Gasteiger charge is -2.15. The maximum Gasteiger partial charge on any atom is 0.139 e. The highest BCUT2D eigenvalue weighted by molar-refractivity contribution is 6.76. The largest absolute Gasteiger partial charge is 0.456 e. The van der Waals surface area contributed by atoms with Crippen LogP contribution in [-0.2, 0) is 11.5 Å². The molecule has 1 aromatic heterocycles. The molecule has 26 heavy (non-hydrogen) atoms. The molecule has 0 unspecified atom stereocenters. The Hall–Kier alpha value is -2.37. The van der Waals surface area contributed by atoms with Gasteiger partial charge in [0.25, 0.3) is 0 Å². The van der Waals surface area contributed by atoms with Crippen LogP contribution in [0.2, 0.25) is 25.7 Å². The van der Waals surface area contributed by atoms with Gasteiger partial charge in [-0.05, 0) is 24.2 Å². The van der Waals surface area contributed by atoms with Crippen molar-refractivity contribution in [2.45, 2.75) is 32.4 Å². The van der Waals surface area contributed by atoms with Crippen molar-refractivity contribution in [1.82, 2.24) is 9.78 Å². The van der Waals surface area contributed by atoms with Crippen LogP contribution >= 0.6 is 0 Å². The maximum atomic E-state index is 6.14. The Balaban J connectivity index is 1.66. The quantitative estimate of drug-likeness (QED) is 0.340. The van der Waals surface area contributed by atoms with E-state index in [1.165, 1.54) is 0 Å². The zero-order valence-electron chi connectivity index (χ0n) is 15.5. The van der Waals surface area contributed by atoms with Gasteiger partial charge >= 0.3 is 0 Å². The number of benzene rings is 2. The van der Waals surface area contributed by atoms with Crippen LogP contribution in [0.25, 0.3) is 22.4 Å². The number of para-hydroxylation sites is 2. The normalized spacial score (nSPS) is 12.6. The van der Waals surface area contributed by atoms with Gasteiger partial charge in [-0.3, -0.25) is 0 Å². The van der Waals surface area contributed by atoms with Crippen LogP contribution < -0.4 is 4.74 Å². The van der Waals surface area contributed by atoms with Gasteiger partial charge in [0.05, 0.1) is 0 Å². The van der Waals surface area contributed by atoms with Crippen molar-refractivity contribution in [2.24, 2.45) is 0 Å². The van der Waals surface area contributed by atoms with Gasteiger partial charge in [0.1, 0.15) is 23.9 Å². The molecule has 134 valence electrons. The fourth-order valence-electron chi connectivity index (χ4n) is 3.07. The Bertz CT molecular complexity index is 865. The van der Waals surface area contributed by atoms with E-state index in [2.05, 4.69) is 38.0 Å². The Labute approximate surface area is 155 Å². The molecule has 2 aromatic carbocycles. The molecule has 0 atom stereocenters. The molecular formula is C21H24N2O2Si. The van der Waals surface area contributed by atoms with Gasteiger partial charge in [-0.2, -0.15) is 5.10 Å². The van der Waals surface area contributed by atoms with Crippen LogP contribution in [0.1, 0.15) is 0 Å². The molecule has 1 aliphatic rings. The van der Waals surface area contributed by atoms with Gasteiger partial charge in [0.15, 0.2) is 0 Å². The lowest BCUT2D eigenvalue weighted by molar-refractivity contribution is 0.0787. The number of hydrogen-bond donors (Lipinski definition) is 0. The molecule has 4 rings (SSSR count). The average Bonchev–Trinajstić information content (AvgIpc) is 2.97. The summed E-state index contributed by atoms with van der Waals surface area (Å²) >= 11 is 0. The summed E-state index contributed by atoms with van der Waals surface area (Å²) in [4.78, 5) is 0. The zero-order chi connectivity index (χ0) is 18.1. The molecular weight excluding hydrogens is 340 g/mol. The van der Waals surface area contributed by atoms with Crippen molar-refractivity contribution in [3.63, 3.8) is 0 Å². The molecule has 0 amide bonds. The molecule has 3 aromatic rings. The van der Waals surface area contributed by atoms with Gasteiger partial charge in [0.2, 0.25) is 0 Å². The molecule has 0 N–H and O–H groups in total. The van der Waals surface area contributed by atoms with Crippen molar-refractivity contribution in [3.05, 3.63) is 54.7 Å². The SMILES string of the molecule is C[Si](C)(C)CCOCn1cc2c(n1)-c1ccccc1Oc1ccccc1-2. The molecule has 0 saturated carbocycles. The predicted molar refractivity (Wildman–Crippen MR) is 107 cm³/mol. The summed E-state index contributed by atoms with van der Waals surface area (Å²) in [5, 5.41) is 4.81. The van der Waals surface area contributed by atoms with Crippen LogP contribution in [-0.4, -0.2) is 24.5 Å². The predicted octanol–water partition coefficient (Wildman–Crippen LogP) is 5.64. The molecule has 0 spiro atoms. The van der Waals surface area contributed by atoms with E-state index in [1.54, 1.807) is 0 Å². The fraction of sp³-hybridized carbons (Fsp3) is 0.286. The topological polar surface area (TPSA) is 36.3 Å². The lowest BCUT2D eigenvalue weighted by Crippen LogP contribution is -2.22. The summed E-state index contributed by atoms with van der Waals surface area (Å²) in [5.74, 6) is 1.70. The number of nitrogens with zero attached hydrogens (tertiary/aromatic N) is 2. The second-order valence-corrected chi connectivity index (χ2v) is 13.5. The monoisotopic (exact) mass is 364 g/mol. The smallest absolute Gasteiger partial charge is 0.139 e. The number of fused-ring (bicyclic) bond motifs is 5. The Kier molecular flexibility index (Phi) is 4.42. The van der Waals surface area contributed by atoms with Crippen LogP contribution in [0.3, 0.4) is 0 Å². The first-order chi connectivity index (χ1) is 12.5. The van der Waals surface area contributed by atoms with E-state index < -0.39 is 8.07 Å². The van der Waals surface area contributed by atoms with Gasteiger partial charge in [-0.15, -0.1) is 0 Å². The molecule has 0 saturated heterocycles. The minimum absolute atomic E-state index is 0.475. The lowest BCUT2D eigenvalue weighted by atomic mass is 10.0. The Morgan fingerprint density at radius 3 is 2.31 bits per heavy atom. The van der Waals surface area contributed by atoms with Crippen LogP contribution in [0.4, 0.5) is 0 Å². The van der Waals surface area contributed by atoms with E-state index in [4.69, 9.17) is 14.6 Å². The number of aromatic nitrogens is 2. The van der Waals surface area contributed by atoms with Gasteiger partial charge in [-0.1, -0.05) is 50.0 Å². The third-order valence-electron chi connectivity index (χ3n) is 4.52. The van der Waals surface area contributed by atoms with E-state index in [0.29, 0.717) is 6.73 Å². The third-order valence-corrected chi connectivity index (χ3v) is 6.23. The number of hydrogen-bond acceptors (Lipinski definition) is 3. The first kappa shape index (κ1) is 17.1. The molecule has 4 nitrogen and oxygen atoms in total. The van der Waals surface area contributed by atoms with Crippen LogP contribution in [0, 0.1) is 0 Å². The number of ether oxygens (including phenoxy) is 2. The van der Waals surface area contributed by atoms with Crippen LogP contribution in [0.15, 0.2) is 54.7 Å². The van der Waals surface area contributed by atoms with Crippen molar-refractivity contribution < 1.29 is 9.47 Å². The Morgan fingerprint density at radius 1 is 0.923 bits per heavy atom. The van der Waals surface area contributed by atoms with E-state index >= 15 is 0 Å². The molecule has 0 bridgehead atoms. The summed E-state index contributed by atoms with van der Waals surface area (Å²) in [6.45, 7) is 8.35. The second kappa shape index (κ2) is 6.74. The van der Waals surface area contributed by atoms with E-state index in [0.717, 1.165) is 46.5 Å².